The molecule has 11 heteroatoms. The summed E-state index contributed by atoms with van der Waals surface area (Å²) in [5.74, 6) is -0.881. The molecule has 0 atom stereocenters. The molecule has 0 bridgehead atoms. The van der Waals surface area contributed by atoms with Crippen LogP contribution in [-0.4, -0.2) is 97.2 Å². The summed E-state index contributed by atoms with van der Waals surface area (Å²) >= 11 is 0. The van der Waals surface area contributed by atoms with Crippen LogP contribution < -0.4 is 4.74 Å². The van der Waals surface area contributed by atoms with E-state index in [0.29, 0.717) is 16.7 Å². The van der Waals surface area contributed by atoms with Crippen LogP contribution in [0.1, 0.15) is 10.4 Å². The number of ether oxygens (including phenoxy) is 1. The molecule has 22 heavy (non-hydrogen) atoms. The second-order valence-corrected chi connectivity index (χ2v) is 4.56. The molecule has 1 heterocycles. The third kappa shape index (κ3) is 6.98. The number of carboxylic acids is 1. The molecule has 4 N–H and O–H groups in total. The van der Waals surface area contributed by atoms with Crippen LogP contribution in [-0.2, 0) is 10.4 Å². The van der Waals surface area contributed by atoms with E-state index >= 15 is 0 Å². The molecule has 0 spiro atoms. The second-order valence-electron chi connectivity index (χ2n) is 3.66. The van der Waals surface area contributed by atoms with E-state index in [1.54, 1.807) is 18.2 Å². The van der Waals surface area contributed by atoms with Crippen molar-refractivity contribution in [3.63, 3.8) is 0 Å². The molecule has 0 aliphatic carbocycles. The average molecular weight is 357 g/mol. The Kier molecular flexibility index (Phi) is 8.42. The molecule has 0 fully saturated rings. The molecule has 0 radical (unpaired) electrons. The Labute approximate surface area is 167 Å². The molecule has 0 aliphatic rings. The number of aromatic carboxylic acids is 1. The van der Waals surface area contributed by atoms with Crippen LogP contribution >= 0.6 is 0 Å². The van der Waals surface area contributed by atoms with Gasteiger partial charge in [-0.15, -0.1) is 0 Å². The summed E-state index contributed by atoms with van der Waals surface area (Å²) in [6, 6.07) is 5.94. The average Bonchev–Trinajstić information content (AvgIpc) is 2.35. The number of nitrogens with zero attached hydrogens (tertiary/aromatic N) is 1. The number of carbonyl (C=O) groups is 1. The number of hydrogen-bond donors (Lipinski definition) is 4. The van der Waals surface area contributed by atoms with Crippen molar-refractivity contribution in [2.75, 3.05) is 7.11 Å². The van der Waals surface area contributed by atoms with Crippen molar-refractivity contribution in [2.45, 2.75) is 0 Å². The van der Waals surface area contributed by atoms with Gasteiger partial charge in [-0.05, 0) is 18.2 Å². The van der Waals surface area contributed by atoms with Gasteiger partial charge in [0, 0.05) is 11.5 Å². The van der Waals surface area contributed by atoms with Crippen LogP contribution in [0.4, 0.5) is 0 Å². The first kappa shape index (κ1) is 21.2. The minimum absolute atomic E-state index is 0. The van der Waals surface area contributed by atoms with Crippen molar-refractivity contribution in [1.29, 1.82) is 0 Å². The topological polar surface area (TPSA) is 154 Å². The van der Waals surface area contributed by atoms with Crippen LogP contribution in [0.15, 0.2) is 24.3 Å². The Balaban J connectivity index is 0.000000644. The number of rotatable bonds is 2. The first-order valence-electron chi connectivity index (χ1n) is 5.22. The molecule has 0 saturated carbocycles. The van der Waals surface area contributed by atoms with Crippen molar-refractivity contribution in [1.82, 2.24) is 4.98 Å². The van der Waals surface area contributed by atoms with Gasteiger partial charge >= 0.3 is 67.8 Å². The summed E-state index contributed by atoms with van der Waals surface area (Å²) in [6.07, 6.45) is 0. The standard InChI is InChI=1S/C11H9NO4.K.H2O4S.H/c1-16-6-2-3-9-7(4-6)8(11(14)15)5-10(13)12-9;;1-5(2,3)4;/h2-5H,1H3,(H,12,13)(H,14,15);;(H2,1,2,3,4);. The number of methoxy groups -OCH3 is 1. The molecular weight excluding hydrogens is 345 g/mol. The quantitative estimate of drug-likeness (QED) is 0.440. The molecule has 2 aromatic rings. The monoisotopic (exact) mass is 357 g/mol. The number of aromatic nitrogens is 1. The molecule has 9 nitrogen and oxygen atoms in total. The van der Waals surface area contributed by atoms with E-state index in [1.165, 1.54) is 7.11 Å². The first-order chi connectivity index (χ1) is 9.61. The van der Waals surface area contributed by atoms with Crippen LogP contribution in [0.25, 0.3) is 10.9 Å². The zero-order valence-electron chi connectivity index (χ0n) is 10.6. The molecule has 2 rings (SSSR count). The van der Waals surface area contributed by atoms with Crippen molar-refractivity contribution in [2.24, 2.45) is 0 Å². The van der Waals surface area contributed by atoms with Crippen LogP contribution in [0, 0.1) is 0 Å². The van der Waals surface area contributed by atoms with Gasteiger partial charge in [0.15, 0.2) is 0 Å². The molecule has 1 aromatic carbocycles. The van der Waals surface area contributed by atoms with E-state index in [0.717, 1.165) is 6.07 Å². The Bertz CT molecular complexity index is 769. The molecule has 1 aromatic heterocycles. The number of benzene rings is 1. The van der Waals surface area contributed by atoms with E-state index < -0.39 is 16.4 Å². The Morgan fingerprint density at radius 1 is 1.23 bits per heavy atom. The maximum absolute atomic E-state index is 11.0. The van der Waals surface area contributed by atoms with Crippen molar-refractivity contribution in [3.05, 3.63) is 29.8 Å². The molecule has 0 saturated heterocycles. The summed E-state index contributed by atoms with van der Waals surface area (Å²) in [4.78, 5) is 14.8. The fourth-order valence-corrected chi connectivity index (χ4v) is 1.49. The Morgan fingerprint density at radius 3 is 2.23 bits per heavy atom. The SMILES string of the molecule is COc1ccc2nc(O)cc(C(=O)O)c2c1.O=S(=O)(O)O.[KH]. The third-order valence-electron chi connectivity index (χ3n) is 2.23. The number of pyridine rings is 1. The van der Waals surface area contributed by atoms with Gasteiger partial charge in [-0.25, -0.2) is 9.78 Å². The van der Waals surface area contributed by atoms with Crippen LogP contribution in [0.3, 0.4) is 0 Å². The summed E-state index contributed by atoms with van der Waals surface area (Å²) in [6.45, 7) is 0. The molecule has 0 amide bonds. The molecule has 116 valence electrons. The minimum atomic E-state index is -4.67. The van der Waals surface area contributed by atoms with E-state index in [-0.39, 0.29) is 62.8 Å². The van der Waals surface area contributed by atoms with Gasteiger partial charge in [-0.1, -0.05) is 0 Å². The number of aromatic hydroxyl groups is 1. The number of fused-ring (bicyclic) bond motifs is 1. The molecule has 0 aliphatic heterocycles. The van der Waals surface area contributed by atoms with E-state index in [9.17, 15) is 9.90 Å². The van der Waals surface area contributed by atoms with Gasteiger partial charge in [-0.3, -0.25) is 9.11 Å². The van der Waals surface area contributed by atoms with Gasteiger partial charge in [0.1, 0.15) is 5.75 Å². The van der Waals surface area contributed by atoms with E-state index in [4.69, 9.17) is 27.4 Å². The first-order valence-corrected chi connectivity index (χ1v) is 6.62. The summed E-state index contributed by atoms with van der Waals surface area (Å²) in [7, 11) is -3.17. The van der Waals surface area contributed by atoms with Crippen molar-refractivity contribution in [3.8, 4) is 11.6 Å². The maximum atomic E-state index is 11.0. The zero-order chi connectivity index (χ0) is 16.2. The molecular formula is C11H12KNO8S. The summed E-state index contributed by atoms with van der Waals surface area (Å²) < 4.78 is 36.6. The van der Waals surface area contributed by atoms with E-state index in [1.807, 2.05) is 0 Å². The summed E-state index contributed by atoms with van der Waals surface area (Å²) in [5.41, 5.74) is 0.416. The Morgan fingerprint density at radius 2 is 1.77 bits per heavy atom. The summed E-state index contributed by atoms with van der Waals surface area (Å²) in [5, 5.41) is 18.7. The number of carboxylic acid groups (broad SMARTS) is 1. The van der Waals surface area contributed by atoms with Crippen LogP contribution in [0.5, 0.6) is 11.6 Å². The van der Waals surface area contributed by atoms with Gasteiger partial charge < -0.3 is 14.9 Å². The van der Waals surface area contributed by atoms with E-state index in [2.05, 4.69) is 4.98 Å². The number of hydrogen-bond acceptors (Lipinski definition) is 6. The zero-order valence-corrected chi connectivity index (χ0v) is 11.4. The van der Waals surface area contributed by atoms with Crippen molar-refractivity contribution >= 4 is 78.7 Å². The normalized spacial score (nSPS) is 10.1. The van der Waals surface area contributed by atoms with Gasteiger partial charge in [0.05, 0.1) is 18.2 Å². The Hall–Kier alpha value is -0.794. The van der Waals surface area contributed by atoms with Gasteiger partial charge in [0.2, 0.25) is 5.88 Å². The molecule has 0 unspecified atom stereocenters. The van der Waals surface area contributed by atoms with Crippen molar-refractivity contribution < 1.29 is 37.3 Å². The predicted molar refractivity (Wildman–Crippen MR) is 78.2 cm³/mol. The predicted octanol–water partition coefficient (Wildman–Crippen LogP) is 0.346. The third-order valence-corrected chi connectivity index (χ3v) is 2.23. The van der Waals surface area contributed by atoms with Gasteiger partial charge in [-0.2, -0.15) is 8.42 Å². The fraction of sp³-hybridized carbons (Fsp3) is 0.0909. The van der Waals surface area contributed by atoms with Gasteiger partial charge in [0.25, 0.3) is 0 Å². The fourth-order valence-electron chi connectivity index (χ4n) is 1.49. The van der Waals surface area contributed by atoms with Crippen LogP contribution in [0.2, 0.25) is 0 Å². The second kappa shape index (κ2) is 8.74.